The fourth-order valence-electron chi connectivity index (χ4n) is 3.20. The van der Waals surface area contributed by atoms with Crippen molar-refractivity contribution in [3.8, 4) is 0 Å². The van der Waals surface area contributed by atoms with E-state index in [1.165, 1.54) is 10.5 Å². The van der Waals surface area contributed by atoms with Gasteiger partial charge in [0.05, 0.1) is 6.04 Å². The molecule has 1 N–H and O–H groups in total. The maximum atomic E-state index is 11.9. The Kier molecular flexibility index (Phi) is 7.46. The number of hydrogen-bond donors (Lipinski definition) is 1. The van der Waals surface area contributed by atoms with E-state index in [1.54, 1.807) is 0 Å². The van der Waals surface area contributed by atoms with Gasteiger partial charge in [0.25, 0.3) is 0 Å². The lowest BCUT2D eigenvalue weighted by molar-refractivity contribution is 0.126. The summed E-state index contributed by atoms with van der Waals surface area (Å²) in [7, 11) is 0. The molecule has 2 aromatic rings. The number of nitrogens with zero attached hydrogens (tertiary/aromatic N) is 1. The van der Waals surface area contributed by atoms with E-state index in [9.17, 15) is 9.90 Å². The van der Waals surface area contributed by atoms with Gasteiger partial charge in [-0.05, 0) is 55.9 Å². The number of amides is 1. The smallest absolute Gasteiger partial charge is 0.407 e. The lowest BCUT2D eigenvalue weighted by Crippen LogP contribution is -2.34. The summed E-state index contributed by atoms with van der Waals surface area (Å²) in [6.07, 6.45) is 0.747. The summed E-state index contributed by atoms with van der Waals surface area (Å²) in [6, 6.07) is 17.9. The van der Waals surface area contributed by atoms with Crippen molar-refractivity contribution in [3.05, 3.63) is 82.3 Å². The maximum absolute atomic E-state index is 11.9. The van der Waals surface area contributed by atoms with Crippen LogP contribution in [0.2, 0.25) is 0 Å². The second kappa shape index (κ2) is 9.58. The van der Waals surface area contributed by atoms with Crippen molar-refractivity contribution in [2.75, 3.05) is 6.54 Å². The molecular weight excluding hydrogens is 390 g/mol. The van der Waals surface area contributed by atoms with Gasteiger partial charge in [0.1, 0.15) is 0 Å². The van der Waals surface area contributed by atoms with Crippen LogP contribution in [-0.2, 0) is 0 Å². The molecule has 2 aromatic carbocycles. The van der Waals surface area contributed by atoms with Crippen molar-refractivity contribution in [2.24, 2.45) is 0 Å². The van der Waals surface area contributed by atoms with E-state index in [0.717, 1.165) is 28.5 Å². The zero-order chi connectivity index (χ0) is 19.1. The van der Waals surface area contributed by atoms with Crippen molar-refractivity contribution in [1.29, 1.82) is 0 Å². The molecular formula is C22H26BrNO2. The molecule has 0 aliphatic heterocycles. The average Bonchev–Trinajstić information content (AvgIpc) is 2.61. The number of carboxylic acid groups (broad SMARTS) is 1. The van der Waals surface area contributed by atoms with Gasteiger partial charge in [-0.1, -0.05) is 64.0 Å². The third-order valence-corrected chi connectivity index (χ3v) is 5.18. The molecule has 0 heterocycles. The highest BCUT2D eigenvalue weighted by Gasteiger charge is 2.22. The van der Waals surface area contributed by atoms with Crippen molar-refractivity contribution in [3.63, 3.8) is 0 Å². The van der Waals surface area contributed by atoms with E-state index in [4.69, 9.17) is 0 Å². The highest BCUT2D eigenvalue weighted by molar-refractivity contribution is 9.10. The Bertz CT molecular complexity index is 728. The zero-order valence-electron chi connectivity index (χ0n) is 15.4. The number of rotatable bonds is 8. The third-order valence-electron chi connectivity index (χ3n) is 4.65. The molecule has 0 aliphatic carbocycles. The molecule has 3 nitrogen and oxygen atoms in total. The first-order valence-electron chi connectivity index (χ1n) is 8.83. The summed E-state index contributed by atoms with van der Waals surface area (Å²) in [6.45, 7) is 8.49. The monoisotopic (exact) mass is 415 g/mol. The minimum Gasteiger partial charge on any atom is -0.465 e. The maximum Gasteiger partial charge on any atom is 0.407 e. The Morgan fingerprint density at radius 2 is 1.73 bits per heavy atom. The summed E-state index contributed by atoms with van der Waals surface area (Å²) >= 11 is 3.42. The Labute approximate surface area is 164 Å². The largest absolute Gasteiger partial charge is 0.465 e. The van der Waals surface area contributed by atoms with Gasteiger partial charge in [0, 0.05) is 11.0 Å². The number of benzene rings is 2. The Hall–Kier alpha value is -2.07. The van der Waals surface area contributed by atoms with E-state index >= 15 is 0 Å². The fourth-order valence-corrected chi connectivity index (χ4v) is 3.47. The molecule has 2 atom stereocenters. The van der Waals surface area contributed by atoms with E-state index in [-0.39, 0.29) is 12.0 Å². The van der Waals surface area contributed by atoms with Gasteiger partial charge in [0.15, 0.2) is 0 Å². The minimum absolute atomic E-state index is 0.193. The molecule has 0 radical (unpaired) electrons. The molecule has 0 saturated carbocycles. The first kappa shape index (κ1) is 20.2. The minimum atomic E-state index is -0.887. The van der Waals surface area contributed by atoms with Crippen LogP contribution in [-0.4, -0.2) is 22.6 Å². The topological polar surface area (TPSA) is 40.5 Å². The van der Waals surface area contributed by atoms with E-state index < -0.39 is 6.09 Å². The zero-order valence-corrected chi connectivity index (χ0v) is 16.9. The fraction of sp³-hybridized carbons (Fsp3) is 0.318. The van der Waals surface area contributed by atoms with E-state index in [1.807, 2.05) is 56.3 Å². The number of carbonyl (C=O) groups is 1. The van der Waals surface area contributed by atoms with Gasteiger partial charge in [-0.25, -0.2) is 4.79 Å². The molecule has 0 aliphatic rings. The van der Waals surface area contributed by atoms with Crippen LogP contribution in [0.3, 0.4) is 0 Å². The molecule has 0 spiro atoms. The number of hydrogen-bond acceptors (Lipinski definition) is 1. The quantitative estimate of drug-likeness (QED) is 0.491. The van der Waals surface area contributed by atoms with Gasteiger partial charge >= 0.3 is 6.09 Å². The molecule has 0 fully saturated rings. The molecule has 0 bridgehead atoms. The normalized spacial score (nSPS) is 13.0. The number of allylic oxidation sites excluding steroid dienone is 1. The van der Waals surface area contributed by atoms with Crippen LogP contribution in [0.25, 0.3) is 0 Å². The van der Waals surface area contributed by atoms with Crippen LogP contribution in [0.4, 0.5) is 4.79 Å². The third kappa shape index (κ3) is 5.73. The predicted octanol–water partition coefficient (Wildman–Crippen LogP) is 6.63. The lowest BCUT2D eigenvalue weighted by Gasteiger charge is -2.29. The second-order valence-corrected chi connectivity index (χ2v) is 7.68. The first-order valence-corrected chi connectivity index (χ1v) is 9.62. The molecule has 138 valence electrons. The molecule has 26 heavy (non-hydrogen) atoms. The summed E-state index contributed by atoms with van der Waals surface area (Å²) in [4.78, 5) is 13.4. The van der Waals surface area contributed by atoms with E-state index in [0.29, 0.717) is 6.54 Å². The van der Waals surface area contributed by atoms with E-state index in [2.05, 4.69) is 34.6 Å². The summed E-state index contributed by atoms with van der Waals surface area (Å²) in [5, 5.41) is 9.72. The average molecular weight is 416 g/mol. The first-order chi connectivity index (χ1) is 12.4. The SMILES string of the molecule is C=C(C)C[C@@H](CCN(C(=O)O)[C@@H](C)c1ccc(Br)cc1)c1ccccc1. The second-order valence-electron chi connectivity index (χ2n) is 6.76. The van der Waals surface area contributed by atoms with Gasteiger partial charge < -0.3 is 10.0 Å². The molecule has 0 saturated heterocycles. The van der Waals surface area contributed by atoms with Gasteiger partial charge in [-0.2, -0.15) is 0 Å². The van der Waals surface area contributed by atoms with Crippen LogP contribution in [0.1, 0.15) is 49.8 Å². The molecule has 4 heteroatoms. The summed E-state index contributed by atoms with van der Waals surface area (Å²) in [5.41, 5.74) is 3.34. The lowest BCUT2D eigenvalue weighted by atomic mass is 9.89. The van der Waals surface area contributed by atoms with Crippen molar-refractivity contribution in [1.82, 2.24) is 4.90 Å². The van der Waals surface area contributed by atoms with Gasteiger partial charge in [-0.15, -0.1) is 6.58 Å². The Morgan fingerprint density at radius 3 is 2.27 bits per heavy atom. The van der Waals surface area contributed by atoms with Gasteiger partial charge in [-0.3, -0.25) is 0 Å². The summed E-state index contributed by atoms with van der Waals surface area (Å²) in [5.74, 6) is 0.271. The highest BCUT2D eigenvalue weighted by atomic mass is 79.9. The molecule has 1 amide bonds. The van der Waals surface area contributed by atoms with Crippen LogP contribution in [0.15, 0.2) is 71.2 Å². The van der Waals surface area contributed by atoms with Crippen LogP contribution in [0, 0.1) is 0 Å². The number of halogens is 1. The molecule has 0 aromatic heterocycles. The van der Waals surface area contributed by atoms with Crippen LogP contribution < -0.4 is 0 Å². The Morgan fingerprint density at radius 1 is 1.12 bits per heavy atom. The molecule has 2 rings (SSSR count). The van der Waals surface area contributed by atoms with Crippen molar-refractivity contribution < 1.29 is 9.90 Å². The standard InChI is InChI=1S/C22H26BrNO2/c1-16(2)15-20(19-7-5-4-6-8-19)13-14-24(22(25)26)17(3)18-9-11-21(23)12-10-18/h4-12,17,20H,1,13-15H2,2-3H3,(H,25,26)/t17-,20+/m0/s1. The van der Waals surface area contributed by atoms with Crippen molar-refractivity contribution >= 4 is 22.0 Å². The van der Waals surface area contributed by atoms with Gasteiger partial charge in [0.2, 0.25) is 0 Å². The summed E-state index contributed by atoms with van der Waals surface area (Å²) < 4.78 is 0.987. The van der Waals surface area contributed by atoms with Crippen molar-refractivity contribution in [2.45, 2.75) is 38.6 Å². The predicted molar refractivity (Wildman–Crippen MR) is 111 cm³/mol. The van der Waals surface area contributed by atoms with Crippen LogP contribution >= 0.6 is 15.9 Å². The Balaban J connectivity index is 2.13. The van der Waals surface area contributed by atoms with Crippen LogP contribution in [0.5, 0.6) is 0 Å². The molecule has 0 unspecified atom stereocenters. The highest BCUT2D eigenvalue weighted by Crippen LogP contribution is 2.29.